The van der Waals surface area contributed by atoms with Crippen LogP contribution in [0.5, 0.6) is 0 Å². The molecule has 1 N–H and O–H groups in total. The summed E-state index contributed by atoms with van der Waals surface area (Å²) < 4.78 is 13.5. The molecule has 3 fully saturated rings. The minimum Gasteiger partial charge on any atom is -0.348 e. The van der Waals surface area contributed by atoms with Gasteiger partial charge in [0.2, 0.25) is 0 Å². The first kappa shape index (κ1) is 19.6. The first-order valence-electron chi connectivity index (χ1n) is 9.49. The highest BCUT2D eigenvalue weighted by molar-refractivity contribution is 5.92. The molecule has 0 spiro atoms. The molecule has 1 amide bonds. The maximum atomic E-state index is 12.8. The number of halogens is 1. The Hall–Kier alpha value is -1.15. The van der Waals surface area contributed by atoms with Crippen molar-refractivity contribution in [2.24, 2.45) is 5.92 Å². The molecule has 3 aliphatic heterocycles. The Kier molecular flexibility index (Phi) is 6.22. The molecule has 0 bridgehead atoms. The highest BCUT2D eigenvalue weighted by atomic mass is 35.5. The molecule has 4 rings (SSSR count). The maximum absolute atomic E-state index is 12.8. The number of hydrogen-bond acceptors (Lipinski definition) is 5. The van der Waals surface area contributed by atoms with Crippen molar-refractivity contribution in [3.8, 4) is 0 Å². The van der Waals surface area contributed by atoms with Crippen molar-refractivity contribution in [2.45, 2.75) is 44.4 Å². The van der Waals surface area contributed by atoms with Crippen molar-refractivity contribution in [1.82, 2.24) is 20.0 Å². The number of rotatable bonds is 3. The molecule has 146 valence electrons. The van der Waals surface area contributed by atoms with Gasteiger partial charge in [-0.2, -0.15) is 5.10 Å². The molecule has 3 saturated heterocycles. The van der Waals surface area contributed by atoms with E-state index in [0.29, 0.717) is 30.9 Å². The molecular weight excluding hydrogens is 356 g/mol. The van der Waals surface area contributed by atoms with E-state index >= 15 is 0 Å². The molecule has 1 atom stereocenters. The fourth-order valence-corrected chi connectivity index (χ4v) is 4.25. The van der Waals surface area contributed by atoms with Crippen LogP contribution in [-0.4, -0.2) is 65.8 Å². The predicted octanol–water partition coefficient (Wildman–Crippen LogP) is 1.84. The molecule has 0 aromatic carbocycles. The lowest BCUT2D eigenvalue weighted by atomic mass is 9.89. The van der Waals surface area contributed by atoms with E-state index in [1.54, 1.807) is 0 Å². The van der Waals surface area contributed by atoms with Gasteiger partial charge in [0.05, 0.1) is 19.3 Å². The fourth-order valence-electron chi connectivity index (χ4n) is 4.25. The van der Waals surface area contributed by atoms with Gasteiger partial charge in [0.15, 0.2) is 5.79 Å². The zero-order chi connectivity index (χ0) is 17.3. The van der Waals surface area contributed by atoms with Gasteiger partial charge in [-0.05, 0) is 45.2 Å². The lowest BCUT2D eigenvalue weighted by molar-refractivity contribution is -0.189. The molecule has 7 nitrogen and oxygen atoms in total. The molecule has 4 heterocycles. The van der Waals surface area contributed by atoms with E-state index in [4.69, 9.17) is 9.47 Å². The van der Waals surface area contributed by atoms with Gasteiger partial charge in [-0.3, -0.25) is 9.48 Å². The van der Waals surface area contributed by atoms with Gasteiger partial charge in [-0.25, -0.2) is 0 Å². The third kappa shape index (κ3) is 3.91. The summed E-state index contributed by atoms with van der Waals surface area (Å²) in [6.07, 6.45) is 6.04. The minimum atomic E-state index is -0.468. The van der Waals surface area contributed by atoms with Crippen LogP contribution in [0.2, 0.25) is 0 Å². The maximum Gasteiger partial charge on any atom is 0.274 e. The second-order valence-electron chi connectivity index (χ2n) is 7.46. The monoisotopic (exact) mass is 384 g/mol. The van der Waals surface area contributed by atoms with E-state index < -0.39 is 5.79 Å². The summed E-state index contributed by atoms with van der Waals surface area (Å²) in [5.74, 6) is -0.0747. The number of carbonyl (C=O) groups is 1. The van der Waals surface area contributed by atoms with Gasteiger partial charge in [0.25, 0.3) is 5.91 Å². The minimum absolute atomic E-state index is 0. The summed E-state index contributed by atoms with van der Waals surface area (Å²) in [7, 11) is 0. The Bertz CT molecular complexity index is 603. The summed E-state index contributed by atoms with van der Waals surface area (Å²) in [6.45, 7) is 6.85. The Balaban J connectivity index is 0.00000196. The molecule has 0 aliphatic carbocycles. The molecule has 3 aliphatic rings. The van der Waals surface area contributed by atoms with E-state index in [-0.39, 0.29) is 18.3 Å². The lowest BCUT2D eigenvalue weighted by Gasteiger charge is -2.38. The number of likely N-dealkylation sites (tertiary alicyclic amines) is 1. The van der Waals surface area contributed by atoms with Crippen LogP contribution in [-0.2, 0) is 9.47 Å². The average Bonchev–Trinajstić information content (AvgIpc) is 3.32. The first-order chi connectivity index (χ1) is 12.2. The molecular formula is C18H29ClN4O3. The van der Waals surface area contributed by atoms with Crippen molar-refractivity contribution < 1.29 is 14.3 Å². The van der Waals surface area contributed by atoms with E-state index in [1.807, 2.05) is 28.8 Å². The number of amides is 1. The Morgan fingerprint density at radius 3 is 2.65 bits per heavy atom. The van der Waals surface area contributed by atoms with Gasteiger partial charge >= 0.3 is 0 Å². The topological polar surface area (TPSA) is 68.6 Å². The van der Waals surface area contributed by atoms with E-state index in [0.717, 1.165) is 51.9 Å². The van der Waals surface area contributed by atoms with Crippen LogP contribution in [0.1, 0.15) is 49.1 Å². The second kappa shape index (κ2) is 8.25. The van der Waals surface area contributed by atoms with Crippen LogP contribution in [0.3, 0.4) is 0 Å². The van der Waals surface area contributed by atoms with Crippen LogP contribution >= 0.6 is 12.4 Å². The van der Waals surface area contributed by atoms with Gasteiger partial charge in [-0.15, -0.1) is 12.4 Å². The van der Waals surface area contributed by atoms with Crippen molar-refractivity contribution in [3.05, 3.63) is 18.0 Å². The van der Waals surface area contributed by atoms with E-state index in [1.165, 1.54) is 0 Å². The average molecular weight is 385 g/mol. The number of nitrogens with one attached hydrogen (secondary N) is 1. The van der Waals surface area contributed by atoms with Gasteiger partial charge < -0.3 is 19.7 Å². The number of carbonyl (C=O) groups excluding carboxylic acids is 1. The molecule has 1 aromatic heterocycles. The van der Waals surface area contributed by atoms with Crippen molar-refractivity contribution in [3.63, 3.8) is 0 Å². The van der Waals surface area contributed by atoms with Gasteiger partial charge in [0.1, 0.15) is 5.69 Å². The Morgan fingerprint density at radius 2 is 2.00 bits per heavy atom. The van der Waals surface area contributed by atoms with E-state index in [2.05, 4.69) is 10.4 Å². The first-order valence-corrected chi connectivity index (χ1v) is 9.49. The summed E-state index contributed by atoms with van der Waals surface area (Å²) in [4.78, 5) is 14.7. The number of nitrogens with zero attached hydrogens (tertiary/aromatic N) is 3. The second-order valence-corrected chi connectivity index (χ2v) is 7.46. The highest BCUT2D eigenvalue weighted by Gasteiger charge is 2.42. The SMILES string of the molecule is CC1(C2CCN(C(=O)c3ccn(C4CCCNC4)n3)CC2)OCCO1.Cl. The molecule has 1 aromatic rings. The fraction of sp³-hybridized carbons (Fsp3) is 0.778. The summed E-state index contributed by atoms with van der Waals surface area (Å²) in [6, 6.07) is 2.21. The van der Waals surface area contributed by atoms with Crippen LogP contribution < -0.4 is 5.32 Å². The zero-order valence-corrected chi connectivity index (χ0v) is 16.2. The predicted molar refractivity (Wildman–Crippen MR) is 99.6 cm³/mol. The standard InChI is InChI=1S/C18H28N4O3.ClH/c1-18(24-11-12-25-18)14-4-8-21(9-5-14)17(23)16-6-10-22(20-16)15-3-2-7-19-13-15;/h6,10,14-15,19H,2-5,7-9,11-13H2,1H3;1H. The van der Waals surface area contributed by atoms with Crippen LogP contribution in [0.25, 0.3) is 0 Å². The Labute approximate surface area is 160 Å². The summed E-state index contributed by atoms with van der Waals surface area (Å²) in [5, 5.41) is 7.95. The molecule has 8 heteroatoms. The summed E-state index contributed by atoms with van der Waals surface area (Å²) in [5.41, 5.74) is 0.559. The van der Waals surface area contributed by atoms with Gasteiger partial charge in [0, 0.05) is 31.7 Å². The third-order valence-corrected chi connectivity index (χ3v) is 5.86. The van der Waals surface area contributed by atoms with Crippen LogP contribution in [0.15, 0.2) is 12.3 Å². The Morgan fingerprint density at radius 1 is 1.27 bits per heavy atom. The smallest absolute Gasteiger partial charge is 0.274 e. The highest BCUT2D eigenvalue weighted by Crippen LogP contribution is 2.35. The molecule has 0 saturated carbocycles. The number of piperidine rings is 2. The largest absolute Gasteiger partial charge is 0.348 e. The quantitative estimate of drug-likeness (QED) is 0.861. The third-order valence-electron chi connectivity index (χ3n) is 5.86. The number of hydrogen-bond donors (Lipinski definition) is 1. The van der Waals surface area contributed by atoms with Crippen molar-refractivity contribution in [2.75, 3.05) is 39.4 Å². The lowest BCUT2D eigenvalue weighted by Crippen LogP contribution is -2.46. The van der Waals surface area contributed by atoms with Gasteiger partial charge in [-0.1, -0.05) is 0 Å². The zero-order valence-electron chi connectivity index (χ0n) is 15.4. The van der Waals surface area contributed by atoms with Crippen LogP contribution in [0, 0.1) is 5.92 Å². The van der Waals surface area contributed by atoms with E-state index in [9.17, 15) is 4.79 Å². The molecule has 0 radical (unpaired) electrons. The number of ether oxygens (including phenoxy) is 2. The summed E-state index contributed by atoms with van der Waals surface area (Å²) >= 11 is 0. The normalized spacial score (nSPS) is 26.5. The van der Waals surface area contributed by atoms with Crippen molar-refractivity contribution >= 4 is 18.3 Å². The molecule has 26 heavy (non-hydrogen) atoms. The molecule has 1 unspecified atom stereocenters. The van der Waals surface area contributed by atoms with Crippen molar-refractivity contribution in [1.29, 1.82) is 0 Å². The van der Waals surface area contributed by atoms with Crippen LogP contribution in [0.4, 0.5) is 0 Å². The number of aromatic nitrogens is 2.